The number of hydrogen-bond acceptors (Lipinski definition) is 6. The highest BCUT2D eigenvalue weighted by Crippen LogP contribution is 2.38. The van der Waals surface area contributed by atoms with Crippen molar-refractivity contribution in [3.63, 3.8) is 0 Å². The molecule has 30 heavy (non-hydrogen) atoms. The summed E-state index contributed by atoms with van der Waals surface area (Å²) >= 11 is 0. The zero-order chi connectivity index (χ0) is 22.9. The number of amides is 2. The van der Waals surface area contributed by atoms with Gasteiger partial charge in [0.1, 0.15) is 11.4 Å². The number of hydrogen-bond donors (Lipinski definition) is 1. The molecule has 166 valence electrons. The number of nitrogens with one attached hydrogen (secondary N) is 1. The Morgan fingerprint density at radius 3 is 2.17 bits per heavy atom. The Bertz CT molecular complexity index is 842. The van der Waals surface area contributed by atoms with Crippen molar-refractivity contribution in [3.05, 3.63) is 23.3 Å². The summed E-state index contributed by atoms with van der Waals surface area (Å²) in [5, 5.41) is 1.67. The monoisotopic (exact) mass is 432 g/mol. The second-order valence-electron chi connectivity index (χ2n) is 7.67. The molecule has 11 heteroatoms. The number of alkyl halides is 3. The lowest BCUT2D eigenvalue weighted by Crippen LogP contribution is -2.50. The molecule has 2 rings (SSSR count). The summed E-state index contributed by atoms with van der Waals surface area (Å²) in [4.78, 5) is 37.0. The molecule has 1 fully saturated rings. The van der Waals surface area contributed by atoms with Crippen molar-refractivity contribution in [2.45, 2.75) is 38.5 Å². The van der Waals surface area contributed by atoms with Crippen LogP contribution in [0.5, 0.6) is 5.75 Å². The first kappa shape index (κ1) is 23.3. The number of carbonyl (C=O) groups excluding carboxylic acids is 3. The number of anilines is 1. The number of methoxy groups -OCH3 is 2. The minimum Gasteiger partial charge on any atom is -0.496 e. The highest BCUT2D eigenvalue weighted by atomic mass is 19.4. The van der Waals surface area contributed by atoms with Crippen LogP contribution < -0.4 is 10.1 Å². The summed E-state index contributed by atoms with van der Waals surface area (Å²) in [5.74, 6) is -3.25. The molecule has 0 atom stereocenters. The molecule has 2 amide bonds. The van der Waals surface area contributed by atoms with E-state index in [1.807, 2.05) is 0 Å². The normalized spacial score (nSPS) is 14.6. The van der Waals surface area contributed by atoms with E-state index in [9.17, 15) is 27.6 Å². The maximum Gasteiger partial charge on any atom is 0.471 e. The smallest absolute Gasteiger partial charge is 0.471 e. The molecule has 1 heterocycles. The van der Waals surface area contributed by atoms with E-state index in [2.05, 4.69) is 4.74 Å². The number of nitrogens with zero attached hydrogens (tertiary/aromatic N) is 1. The highest BCUT2D eigenvalue weighted by molar-refractivity contribution is 6.03. The van der Waals surface area contributed by atoms with E-state index in [1.54, 1.807) is 26.1 Å². The second kappa shape index (κ2) is 8.41. The molecule has 0 unspecified atom stereocenters. The predicted octanol–water partition coefficient (Wildman–Crippen LogP) is 3.32. The maximum absolute atomic E-state index is 12.6. The third-order valence-electron chi connectivity index (χ3n) is 4.25. The molecule has 0 spiro atoms. The lowest BCUT2D eigenvalue weighted by Gasteiger charge is -2.40. The van der Waals surface area contributed by atoms with E-state index in [0.29, 0.717) is 5.56 Å². The number of benzene rings is 1. The van der Waals surface area contributed by atoms with E-state index < -0.39 is 35.4 Å². The van der Waals surface area contributed by atoms with Gasteiger partial charge in [-0.25, -0.2) is 9.59 Å². The molecule has 1 aromatic rings. The van der Waals surface area contributed by atoms with Gasteiger partial charge in [0.2, 0.25) is 0 Å². The number of carbonyl (C=O) groups is 3. The van der Waals surface area contributed by atoms with Crippen LogP contribution in [0.15, 0.2) is 12.1 Å². The Balaban J connectivity index is 2.30. The SMILES string of the molecule is COC(=O)c1cc(C2CN(C(=O)OC(C)(C)C)C2)c(OC)cc1NC(=O)C(F)(F)F. The van der Waals surface area contributed by atoms with Gasteiger partial charge in [-0.15, -0.1) is 0 Å². The molecule has 1 saturated heterocycles. The van der Waals surface area contributed by atoms with Gasteiger partial charge in [0.15, 0.2) is 0 Å². The standard InChI is InChI=1S/C19H23F3N2O6/c1-18(2,3)30-17(27)24-8-10(9-24)11-6-12(15(25)29-5)13(7-14(11)28-4)23-16(26)19(20,21)22/h6-7,10H,8-9H2,1-5H3,(H,23,26). The summed E-state index contributed by atoms with van der Waals surface area (Å²) in [6.45, 7) is 5.74. The first-order chi connectivity index (χ1) is 13.8. The third-order valence-corrected chi connectivity index (χ3v) is 4.25. The molecular formula is C19H23F3N2O6. The zero-order valence-electron chi connectivity index (χ0n) is 17.2. The summed E-state index contributed by atoms with van der Waals surface area (Å²) in [6, 6.07) is 2.43. The lowest BCUT2D eigenvalue weighted by atomic mass is 9.89. The van der Waals surface area contributed by atoms with Gasteiger partial charge in [-0.2, -0.15) is 13.2 Å². The molecule has 0 aromatic heterocycles. The van der Waals surface area contributed by atoms with Crippen LogP contribution in [0.1, 0.15) is 42.6 Å². The van der Waals surface area contributed by atoms with Crippen molar-refractivity contribution >= 4 is 23.7 Å². The average Bonchev–Trinajstić information content (AvgIpc) is 2.57. The average molecular weight is 432 g/mol. The largest absolute Gasteiger partial charge is 0.496 e. The van der Waals surface area contributed by atoms with Crippen molar-refractivity contribution in [2.75, 3.05) is 32.6 Å². The molecular weight excluding hydrogens is 409 g/mol. The van der Waals surface area contributed by atoms with Crippen LogP contribution in [-0.4, -0.2) is 62.0 Å². The number of rotatable bonds is 4. The highest BCUT2D eigenvalue weighted by Gasteiger charge is 2.40. The molecule has 1 aliphatic rings. The minimum absolute atomic E-state index is 0.161. The number of esters is 1. The van der Waals surface area contributed by atoms with Gasteiger partial charge in [0.25, 0.3) is 0 Å². The van der Waals surface area contributed by atoms with Crippen LogP contribution in [0, 0.1) is 0 Å². The second-order valence-corrected chi connectivity index (χ2v) is 7.67. The molecule has 0 radical (unpaired) electrons. The van der Waals surface area contributed by atoms with Crippen LogP contribution in [0.25, 0.3) is 0 Å². The van der Waals surface area contributed by atoms with Gasteiger partial charge in [-0.1, -0.05) is 0 Å². The van der Waals surface area contributed by atoms with E-state index >= 15 is 0 Å². The van der Waals surface area contributed by atoms with Crippen molar-refractivity contribution in [2.24, 2.45) is 0 Å². The van der Waals surface area contributed by atoms with Gasteiger partial charge >= 0.3 is 24.1 Å². The first-order valence-electron chi connectivity index (χ1n) is 8.93. The fourth-order valence-corrected chi connectivity index (χ4v) is 2.82. The molecule has 0 bridgehead atoms. The van der Waals surface area contributed by atoms with E-state index in [1.165, 1.54) is 18.1 Å². The number of ether oxygens (including phenoxy) is 3. The summed E-state index contributed by atoms with van der Waals surface area (Å²) < 4.78 is 53.0. The van der Waals surface area contributed by atoms with Crippen LogP contribution >= 0.6 is 0 Å². The topological polar surface area (TPSA) is 94.2 Å². The Hall–Kier alpha value is -2.98. The quantitative estimate of drug-likeness (QED) is 0.734. The number of halogens is 3. The van der Waals surface area contributed by atoms with Crippen molar-refractivity contribution in [3.8, 4) is 5.75 Å². The van der Waals surface area contributed by atoms with Crippen LogP contribution in [0.3, 0.4) is 0 Å². The molecule has 1 aromatic carbocycles. The van der Waals surface area contributed by atoms with Gasteiger partial charge in [-0.05, 0) is 26.8 Å². The van der Waals surface area contributed by atoms with Gasteiger partial charge in [0, 0.05) is 30.6 Å². The van der Waals surface area contributed by atoms with E-state index in [0.717, 1.165) is 13.2 Å². The Labute approximate surface area is 171 Å². The molecule has 8 nitrogen and oxygen atoms in total. The maximum atomic E-state index is 12.6. The van der Waals surface area contributed by atoms with Gasteiger partial charge < -0.3 is 24.4 Å². The van der Waals surface area contributed by atoms with Gasteiger partial charge in [0.05, 0.1) is 25.5 Å². The summed E-state index contributed by atoms with van der Waals surface area (Å²) in [7, 11) is 2.37. The molecule has 1 aliphatic heterocycles. The number of likely N-dealkylation sites (tertiary alicyclic amines) is 1. The Kier molecular flexibility index (Phi) is 6.53. The van der Waals surface area contributed by atoms with E-state index in [-0.39, 0.29) is 30.3 Å². The summed E-state index contributed by atoms with van der Waals surface area (Å²) in [6.07, 6.45) is -5.64. The van der Waals surface area contributed by atoms with Crippen LogP contribution in [0.4, 0.5) is 23.7 Å². The lowest BCUT2D eigenvalue weighted by molar-refractivity contribution is -0.167. The molecule has 0 saturated carbocycles. The Morgan fingerprint density at radius 2 is 1.70 bits per heavy atom. The fourth-order valence-electron chi connectivity index (χ4n) is 2.82. The summed E-state index contributed by atoms with van der Waals surface area (Å²) in [5.41, 5.74) is -0.826. The first-order valence-corrected chi connectivity index (χ1v) is 8.93. The van der Waals surface area contributed by atoms with Crippen molar-refractivity contribution in [1.82, 2.24) is 4.90 Å². The molecule has 0 aliphatic carbocycles. The zero-order valence-corrected chi connectivity index (χ0v) is 17.2. The predicted molar refractivity (Wildman–Crippen MR) is 99.6 cm³/mol. The van der Waals surface area contributed by atoms with Gasteiger partial charge in [-0.3, -0.25) is 4.79 Å². The van der Waals surface area contributed by atoms with E-state index in [4.69, 9.17) is 9.47 Å². The van der Waals surface area contributed by atoms with Crippen LogP contribution in [0.2, 0.25) is 0 Å². The van der Waals surface area contributed by atoms with Crippen molar-refractivity contribution in [1.29, 1.82) is 0 Å². The third kappa shape index (κ3) is 5.33. The van der Waals surface area contributed by atoms with Crippen molar-refractivity contribution < 1.29 is 41.8 Å². The van der Waals surface area contributed by atoms with Crippen LogP contribution in [-0.2, 0) is 14.3 Å². The minimum atomic E-state index is -5.14. The fraction of sp³-hybridized carbons (Fsp3) is 0.526. The molecule has 1 N–H and O–H groups in total. The Morgan fingerprint density at radius 1 is 1.10 bits per heavy atom.